The lowest BCUT2D eigenvalue weighted by atomic mass is 10.3. The molecule has 1 aliphatic rings. The summed E-state index contributed by atoms with van der Waals surface area (Å²) in [6.45, 7) is 4.75. The topological polar surface area (TPSA) is 79.5 Å². The van der Waals surface area contributed by atoms with Crippen molar-refractivity contribution < 1.29 is 12.8 Å². The lowest BCUT2D eigenvalue weighted by molar-refractivity contribution is 0.167. The minimum absolute atomic E-state index is 0.345. The quantitative estimate of drug-likeness (QED) is 0.814. The molecule has 0 bridgehead atoms. The predicted molar refractivity (Wildman–Crippen MR) is 84.2 cm³/mol. The van der Waals surface area contributed by atoms with Gasteiger partial charge in [0.1, 0.15) is 0 Å². The molecule has 0 atom stereocenters. The normalized spacial score (nSPS) is 17.4. The highest BCUT2D eigenvalue weighted by molar-refractivity contribution is 7.89. The van der Waals surface area contributed by atoms with Crippen LogP contribution in [0.1, 0.15) is 18.7 Å². The Kier molecular flexibility index (Phi) is 4.74. The zero-order chi connectivity index (χ0) is 16.3. The van der Waals surface area contributed by atoms with Gasteiger partial charge < -0.3 is 4.42 Å². The number of benzene rings is 1. The van der Waals surface area contributed by atoms with Crippen LogP contribution in [0.15, 0.2) is 39.6 Å². The molecule has 1 fully saturated rings. The van der Waals surface area contributed by atoms with E-state index in [9.17, 15) is 8.42 Å². The van der Waals surface area contributed by atoms with Crippen molar-refractivity contribution >= 4 is 10.0 Å². The Hall–Kier alpha value is -1.77. The smallest absolute Gasteiger partial charge is 0.243 e. The van der Waals surface area contributed by atoms with Crippen LogP contribution in [-0.4, -0.2) is 54.0 Å². The van der Waals surface area contributed by atoms with Crippen LogP contribution in [0.25, 0.3) is 0 Å². The number of aryl methyl sites for hydroxylation is 1. The van der Waals surface area contributed by atoms with Gasteiger partial charge in [-0.15, -0.1) is 10.2 Å². The summed E-state index contributed by atoms with van der Waals surface area (Å²) in [5.74, 6) is 1.21. The van der Waals surface area contributed by atoms with Crippen molar-refractivity contribution in [3.8, 4) is 0 Å². The van der Waals surface area contributed by atoms with Crippen LogP contribution >= 0.6 is 0 Å². The van der Waals surface area contributed by atoms with E-state index in [0.717, 1.165) is 6.42 Å². The lowest BCUT2D eigenvalue weighted by Crippen LogP contribution is -2.48. The van der Waals surface area contributed by atoms with E-state index < -0.39 is 10.0 Å². The summed E-state index contributed by atoms with van der Waals surface area (Å²) in [5.41, 5.74) is 0. The first kappa shape index (κ1) is 16.1. The second-order valence-corrected chi connectivity index (χ2v) is 7.37. The van der Waals surface area contributed by atoms with Crippen molar-refractivity contribution in [2.24, 2.45) is 0 Å². The van der Waals surface area contributed by atoms with E-state index in [0.29, 0.717) is 49.4 Å². The fourth-order valence-corrected chi connectivity index (χ4v) is 4.00. The molecule has 0 aliphatic carbocycles. The minimum atomic E-state index is -3.40. The van der Waals surface area contributed by atoms with Crippen LogP contribution in [0.2, 0.25) is 0 Å². The molecule has 2 aromatic rings. The zero-order valence-electron chi connectivity index (χ0n) is 13.1. The van der Waals surface area contributed by atoms with Crippen molar-refractivity contribution in [1.82, 2.24) is 19.4 Å². The van der Waals surface area contributed by atoms with Gasteiger partial charge in [0.2, 0.25) is 21.8 Å². The fraction of sp³-hybridized carbons (Fsp3) is 0.467. The first-order valence-corrected chi connectivity index (χ1v) is 9.12. The van der Waals surface area contributed by atoms with Gasteiger partial charge in [0.25, 0.3) is 0 Å². The summed E-state index contributed by atoms with van der Waals surface area (Å²) in [6.07, 6.45) is 0.718. The van der Waals surface area contributed by atoms with Crippen LogP contribution in [0.3, 0.4) is 0 Å². The van der Waals surface area contributed by atoms with Crippen LogP contribution in [0.4, 0.5) is 0 Å². The highest BCUT2D eigenvalue weighted by atomic mass is 32.2. The Morgan fingerprint density at radius 1 is 1.04 bits per heavy atom. The summed E-state index contributed by atoms with van der Waals surface area (Å²) in [5, 5.41) is 7.95. The van der Waals surface area contributed by atoms with Crippen LogP contribution in [0, 0.1) is 0 Å². The van der Waals surface area contributed by atoms with Crippen molar-refractivity contribution in [2.75, 3.05) is 26.2 Å². The molecule has 23 heavy (non-hydrogen) atoms. The fourth-order valence-electron chi connectivity index (χ4n) is 2.56. The number of rotatable bonds is 5. The molecule has 1 aromatic heterocycles. The van der Waals surface area contributed by atoms with Gasteiger partial charge in [-0.2, -0.15) is 4.31 Å². The monoisotopic (exact) mass is 336 g/mol. The van der Waals surface area contributed by atoms with Gasteiger partial charge in [0.05, 0.1) is 11.4 Å². The molecular formula is C15H20N4O3S. The summed E-state index contributed by atoms with van der Waals surface area (Å²) >= 11 is 0. The first-order chi connectivity index (χ1) is 11.1. The van der Waals surface area contributed by atoms with E-state index in [1.54, 1.807) is 24.3 Å². The third-order valence-corrected chi connectivity index (χ3v) is 5.80. The van der Waals surface area contributed by atoms with Gasteiger partial charge in [-0.1, -0.05) is 25.1 Å². The molecule has 1 saturated heterocycles. The average Bonchev–Trinajstić information content (AvgIpc) is 3.04. The third kappa shape index (κ3) is 3.60. The molecular weight excluding hydrogens is 316 g/mol. The SMILES string of the molecule is CCc1nnc(CN2CCN(S(=O)(=O)c3ccccc3)CC2)o1. The van der Waals surface area contributed by atoms with Crippen molar-refractivity contribution in [3.05, 3.63) is 42.1 Å². The van der Waals surface area contributed by atoms with E-state index in [1.807, 2.05) is 13.0 Å². The molecule has 0 amide bonds. The van der Waals surface area contributed by atoms with Gasteiger partial charge in [-0.3, -0.25) is 4.90 Å². The molecule has 0 saturated carbocycles. The summed E-state index contributed by atoms with van der Waals surface area (Å²) < 4.78 is 32.2. The molecule has 8 heteroatoms. The molecule has 0 spiro atoms. The Labute approximate surface area is 136 Å². The van der Waals surface area contributed by atoms with E-state index in [-0.39, 0.29) is 0 Å². The number of hydrogen-bond donors (Lipinski definition) is 0. The predicted octanol–water partition coefficient (Wildman–Crippen LogP) is 1.14. The van der Waals surface area contributed by atoms with Crippen molar-refractivity contribution in [1.29, 1.82) is 0 Å². The summed E-state index contributed by atoms with van der Waals surface area (Å²) in [7, 11) is -3.40. The van der Waals surface area contributed by atoms with E-state index >= 15 is 0 Å². The van der Waals surface area contributed by atoms with Crippen LogP contribution in [-0.2, 0) is 23.0 Å². The third-order valence-electron chi connectivity index (χ3n) is 3.88. The van der Waals surface area contributed by atoms with Gasteiger partial charge in [-0.25, -0.2) is 8.42 Å². The Morgan fingerprint density at radius 2 is 1.70 bits per heavy atom. The molecule has 2 heterocycles. The van der Waals surface area contributed by atoms with Gasteiger partial charge in [-0.05, 0) is 12.1 Å². The second kappa shape index (κ2) is 6.77. The van der Waals surface area contributed by atoms with Gasteiger partial charge in [0.15, 0.2) is 0 Å². The summed E-state index contributed by atoms with van der Waals surface area (Å²) in [6, 6.07) is 8.55. The van der Waals surface area contributed by atoms with Gasteiger partial charge in [0, 0.05) is 32.6 Å². The van der Waals surface area contributed by atoms with Gasteiger partial charge >= 0.3 is 0 Å². The maximum absolute atomic E-state index is 12.6. The zero-order valence-corrected chi connectivity index (χ0v) is 13.9. The minimum Gasteiger partial charge on any atom is -0.424 e. The molecule has 124 valence electrons. The van der Waals surface area contributed by atoms with Crippen LogP contribution in [0.5, 0.6) is 0 Å². The number of hydrogen-bond acceptors (Lipinski definition) is 6. The Bertz CT molecular complexity index is 737. The van der Waals surface area contributed by atoms with E-state index in [2.05, 4.69) is 15.1 Å². The molecule has 1 aromatic carbocycles. The van der Waals surface area contributed by atoms with E-state index in [1.165, 1.54) is 4.31 Å². The average molecular weight is 336 g/mol. The van der Waals surface area contributed by atoms with Crippen LogP contribution < -0.4 is 0 Å². The van der Waals surface area contributed by atoms with Crippen molar-refractivity contribution in [2.45, 2.75) is 24.8 Å². The molecule has 7 nitrogen and oxygen atoms in total. The largest absolute Gasteiger partial charge is 0.424 e. The number of piperazine rings is 1. The number of nitrogens with zero attached hydrogens (tertiary/aromatic N) is 4. The maximum atomic E-state index is 12.6. The highest BCUT2D eigenvalue weighted by Gasteiger charge is 2.28. The van der Waals surface area contributed by atoms with Crippen molar-refractivity contribution in [3.63, 3.8) is 0 Å². The molecule has 3 rings (SSSR count). The molecule has 0 radical (unpaired) electrons. The first-order valence-electron chi connectivity index (χ1n) is 7.68. The standard InChI is InChI=1S/C15H20N4O3S/c1-2-14-16-17-15(22-14)12-18-8-10-19(11-9-18)23(20,21)13-6-4-3-5-7-13/h3-7H,2,8-12H2,1H3. The highest BCUT2D eigenvalue weighted by Crippen LogP contribution is 2.18. The number of sulfonamides is 1. The molecule has 0 unspecified atom stereocenters. The lowest BCUT2D eigenvalue weighted by Gasteiger charge is -2.33. The molecule has 0 N–H and O–H groups in total. The van der Waals surface area contributed by atoms with E-state index in [4.69, 9.17) is 4.42 Å². The number of aromatic nitrogens is 2. The maximum Gasteiger partial charge on any atom is 0.243 e. The second-order valence-electron chi connectivity index (χ2n) is 5.44. The Morgan fingerprint density at radius 3 is 2.30 bits per heavy atom. The molecule has 1 aliphatic heterocycles. The summed E-state index contributed by atoms with van der Waals surface area (Å²) in [4.78, 5) is 2.47. The Balaban J connectivity index is 1.60.